The first kappa shape index (κ1) is 14.8. The number of aliphatic hydroxyl groups is 1. The molecule has 0 bridgehead atoms. The maximum atomic E-state index is 11.0. The molecule has 1 aromatic heterocycles. The lowest BCUT2D eigenvalue weighted by Gasteiger charge is -2.20. The molecular formula is C11H15N3O5. The van der Waals surface area contributed by atoms with E-state index in [2.05, 4.69) is 10.3 Å². The molecule has 0 aliphatic rings. The number of aliphatic hydroxyl groups excluding tert-OH is 1. The molecule has 3 N–H and O–H groups in total. The normalized spacial score (nSPS) is 12.2. The van der Waals surface area contributed by atoms with Crippen molar-refractivity contribution in [1.82, 2.24) is 4.98 Å². The van der Waals surface area contributed by atoms with Crippen molar-refractivity contribution in [2.24, 2.45) is 5.92 Å². The van der Waals surface area contributed by atoms with Gasteiger partial charge in [-0.3, -0.25) is 10.1 Å². The lowest BCUT2D eigenvalue weighted by atomic mass is 10.1. The Morgan fingerprint density at radius 1 is 1.58 bits per heavy atom. The number of nitro groups is 1. The molecule has 0 radical (unpaired) electrons. The van der Waals surface area contributed by atoms with E-state index in [-0.39, 0.29) is 24.4 Å². The average Bonchev–Trinajstić information content (AvgIpc) is 2.34. The van der Waals surface area contributed by atoms with Gasteiger partial charge in [0.15, 0.2) is 0 Å². The zero-order valence-corrected chi connectivity index (χ0v) is 10.5. The Balaban J connectivity index is 3.08. The third-order valence-electron chi connectivity index (χ3n) is 2.64. The Morgan fingerprint density at radius 3 is 2.63 bits per heavy atom. The predicted molar refractivity (Wildman–Crippen MR) is 67.2 cm³/mol. The Morgan fingerprint density at radius 2 is 2.21 bits per heavy atom. The van der Waals surface area contributed by atoms with Crippen LogP contribution in [0.2, 0.25) is 0 Å². The summed E-state index contributed by atoms with van der Waals surface area (Å²) in [6, 6.07) is 0.779. The van der Waals surface area contributed by atoms with E-state index >= 15 is 0 Å². The van der Waals surface area contributed by atoms with Gasteiger partial charge in [-0.1, -0.05) is 13.8 Å². The molecule has 1 heterocycles. The molecule has 1 atom stereocenters. The van der Waals surface area contributed by atoms with Gasteiger partial charge in [0.2, 0.25) is 0 Å². The van der Waals surface area contributed by atoms with Gasteiger partial charge in [0.05, 0.1) is 17.6 Å². The molecule has 0 aliphatic carbocycles. The monoisotopic (exact) mass is 269 g/mol. The van der Waals surface area contributed by atoms with Crippen molar-refractivity contribution in [2.45, 2.75) is 19.9 Å². The Labute approximate surface area is 109 Å². The van der Waals surface area contributed by atoms with E-state index in [1.165, 1.54) is 0 Å². The van der Waals surface area contributed by atoms with Crippen LogP contribution >= 0.6 is 0 Å². The van der Waals surface area contributed by atoms with Crippen molar-refractivity contribution in [3.63, 3.8) is 0 Å². The second-order valence-electron chi connectivity index (χ2n) is 4.33. The highest BCUT2D eigenvalue weighted by atomic mass is 16.6. The number of pyridine rings is 1. The van der Waals surface area contributed by atoms with Gasteiger partial charge in [0.1, 0.15) is 17.6 Å². The Bertz CT molecular complexity index is 489. The van der Waals surface area contributed by atoms with E-state index < -0.39 is 22.1 Å². The van der Waals surface area contributed by atoms with E-state index in [1.54, 1.807) is 0 Å². The summed E-state index contributed by atoms with van der Waals surface area (Å²) in [5.41, 5.74) is -1.01. The van der Waals surface area contributed by atoms with Crippen molar-refractivity contribution >= 4 is 17.5 Å². The van der Waals surface area contributed by atoms with Crippen LogP contribution in [-0.4, -0.2) is 38.7 Å². The number of hydrogen-bond donors (Lipinski definition) is 3. The van der Waals surface area contributed by atoms with Crippen LogP contribution in [0.15, 0.2) is 12.3 Å². The van der Waals surface area contributed by atoms with Crippen LogP contribution in [0.5, 0.6) is 0 Å². The highest BCUT2D eigenvalue weighted by molar-refractivity contribution is 5.93. The topological polar surface area (TPSA) is 126 Å². The number of aromatic carboxylic acids is 1. The molecule has 0 aliphatic heterocycles. The standard InChI is InChI=1S/C11H15N3O5/c1-6(2)8(5-15)13-10-3-7(11(16)17)9(4-12-10)14(18)19/h3-4,6,8,15H,5H2,1-2H3,(H,12,13)(H,16,17). The first-order chi connectivity index (χ1) is 8.86. The average molecular weight is 269 g/mol. The van der Waals surface area contributed by atoms with Crippen molar-refractivity contribution in [3.8, 4) is 0 Å². The van der Waals surface area contributed by atoms with E-state index in [9.17, 15) is 14.9 Å². The van der Waals surface area contributed by atoms with Crippen molar-refractivity contribution in [1.29, 1.82) is 0 Å². The van der Waals surface area contributed by atoms with Gasteiger partial charge < -0.3 is 15.5 Å². The molecule has 1 aromatic rings. The summed E-state index contributed by atoms with van der Waals surface area (Å²) >= 11 is 0. The predicted octanol–water partition coefficient (Wildman–Crippen LogP) is 1.12. The van der Waals surface area contributed by atoms with Gasteiger partial charge in [-0.05, 0) is 5.92 Å². The van der Waals surface area contributed by atoms with Crippen LogP contribution in [-0.2, 0) is 0 Å². The molecule has 0 amide bonds. The van der Waals surface area contributed by atoms with Crippen LogP contribution in [0.3, 0.4) is 0 Å². The van der Waals surface area contributed by atoms with Gasteiger partial charge in [-0.15, -0.1) is 0 Å². The van der Waals surface area contributed by atoms with Crippen LogP contribution in [0.25, 0.3) is 0 Å². The van der Waals surface area contributed by atoms with Crippen molar-refractivity contribution in [3.05, 3.63) is 27.9 Å². The second-order valence-corrected chi connectivity index (χ2v) is 4.33. The van der Waals surface area contributed by atoms with Gasteiger partial charge in [-0.2, -0.15) is 0 Å². The number of carboxylic acids is 1. The Kier molecular flexibility index (Phi) is 4.76. The molecule has 0 spiro atoms. The molecule has 19 heavy (non-hydrogen) atoms. The zero-order chi connectivity index (χ0) is 14.6. The summed E-state index contributed by atoms with van der Waals surface area (Å²) in [6.07, 6.45) is 0.889. The van der Waals surface area contributed by atoms with Crippen LogP contribution in [0.4, 0.5) is 11.5 Å². The highest BCUT2D eigenvalue weighted by Crippen LogP contribution is 2.21. The zero-order valence-electron chi connectivity index (χ0n) is 10.5. The maximum absolute atomic E-state index is 11.0. The maximum Gasteiger partial charge on any atom is 0.342 e. The van der Waals surface area contributed by atoms with Gasteiger partial charge >= 0.3 is 11.7 Å². The van der Waals surface area contributed by atoms with E-state index in [0.29, 0.717) is 0 Å². The first-order valence-corrected chi connectivity index (χ1v) is 5.62. The van der Waals surface area contributed by atoms with Crippen molar-refractivity contribution < 1.29 is 19.9 Å². The molecule has 8 heteroatoms. The summed E-state index contributed by atoms with van der Waals surface area (Å²) in [6.45, 7) is 3.59. The van der Waals surface area contributed by atoms with Gasteiger partial charge in [0.25, 0.3) is 0 Å². The summed E-state index contributed by atoms with van der Waals surface area (Å²) in [7, 11) is 0. The number of rotatable bonds is 6. The smallest absolute Gasteiger partial charge is 0.342 e. The number of nitrogens with zero attached hydrogens (tertiary/aromatic N) is 2. The van der Waals surface area contributed by atoms with Crippen LogP contribution < -0.4 is 5.32 Å². The fourth-order valence-electron chi connectivity index (χ4n) is 1.46. The fourth-order valence-corrected chi connectivity index (χ4v) is 1.46. The van der Waals surface area contributed by atoms with E-state index in [0.717, 1.165) is 12.3 Å². The van der Waals surface area contributed by atoms with Crippen LogP contribution in [0, 0.1) is 16.0 Å². The number of anilines is 1. The number of carboxylic acid groups (broad SMARTS) is 1. The number of aromatic nitrogens is 1. The fraction of sp³-hybridized carbons (Fsp3) is 0.455. The largest absolute Gasteiger partial charge is 0.477 e. The van der Waals surface area contributed by atoms with E-state index in [4.69, 9.17) is 10.2 Å². The molecule has 1 unspecified atom stereocenters. The second kappa shape index (κ2) is 6.10. The summed E-state index contributed by atoms with van der Waals surface area (Å²) < 4.78 is 0. The molecule has 1 rings (SSSR count). The lowest BCUT2D eigenvalue weighted by molar-refractivity contribution is -0.385. The summed E-state index contributed by atoms with van der Waals surface area (Å²) in [4.78, 5) is 24.6. The van der Waals surface area contributed by atoms with Gasteiger partial charge in [0, 0.05) is 6.07 Å². The minimum atomic E-state index is -1.40. The third kappa shape index (κ3) is 3.62. The molecule has 0 fully saturated rings. The minimum Gasteiger partial charge on any atom is -0.477 e. The minimum absolute atomic E-state index is 0.0928. The first-order valence-electron chi connectivity index (χ1n) is 5.62. The third-order valence-corrected chi connectivity index (χ3v) is 2.64. The Hall–Kier alpha value is -2.22. The molecule has 0 saturated heterocycles. The molecule has 0 aromatic carbocycles. The summed E-state index contributed by atoms with van der Waals surface area (Å²) in [5.74, 6) is -1.13. The van der Waals surface area contributed by atoms with Crippen LogP contribution in [0.1, 0.15) is 24.2 Å². The number of carbonyl (C=O) groups is 1. The van der Waals surface area contributed by atoms with E-state index in [1.807, 2.05) is 13.8 Å². The molecule has 104 valence electrons. The van der Waals surface area contributed by atoms with Gasteiger partial charge in [-0.25, -0.2) is 9.78 Å². The lowest BCUT2D eigenvalue weighted by Crippen LogP contribution is -2.30. The quantitative estimate of drug-likeness (QED) is 0.521. The van der Waals surface area contributed by atoms with Crippen molar-refractivity contribution in [2.75, 3.05) is 11.9 Å². The highest BCUT2D eigenvalue weighted by Gasteiger charge is 2.22. The summed E-state index contributed by atoms with van der Waals surface area (Å²) in [5, 5.41) is 31.6. The number of hydrogen-bond acceptors (Lipinski definition) is 6. The molecular weight excluding hydrogens is 254 g/mol. The number of nitrogens with one attached hydrogen (secondary N) is 1. The molecule has 0 saturated carbocycles. The molecule has 8 nitrogen and oxygen atoms in total. The SMILES string of the molecule is CC(C)C(CO)Nc1cc(C(=O)O)c([N+](=O)[O-])cn1.